The number of esters is 1. The van der Waals surface area contributed by atoms with Crippen molar-refractivity contribution in [2.45, 2.75) is 84.7 Å². The van der Waals surface area contributed by atoms with Gasteiger partial charge in [-0.25, -0.2) is 4.79 Å². The molecule has 6 rings (SSSR count). The Morgan fingerprint density at radius 2 is 1.88 bits per heavy atom. The molecule has 2 saturated carbocycles. The lowest BCUT2D eigenvalue weighted by molar-refractivity contribution is -0.157. The maximum Gasteiger partial charge on any atom is 0.336 e. The molecular weight excluding hydrogens is 532 g/mol. The number of aryl methyl sites for hydroxylation is 1. The Labute approximate surface area is 247 Å². The molecule has 1 aromatic heterocycles. The lowest BCUT2D eigenvalue weighted by Crippen LogP contribution is -2.45. The van der Waals surface area contributed by atoms with Gasteiger partial charge in [0.2, 0.25) is 0 Å². The molecule has 0 bridgehead atoms. The van der Waals surface area contributed by atoms with E-state index in [1.165, 1.54) is 48.6 Å². The van der Waals surface area contributed by atoms with Crippen LogP contribution >= 0.6 is 0 Å². The molecule has 2 N–H and O–H groups in total. The first-order valence-electron chi connectivity index (χ1n) is 15.1. The van der Waals surface area contributed by atoms with Crippen molar-refractivity contribution in [3.8, 4) is 17.2 Å². The summed E-state index contributed by atoms with van der Waals surface area (Å²) in [5.74, 6) is 2.65. The molecule has 224 valence electrons. The third-order valence-corrected chi connectivity index (χ3v) is 9.62. The van der Waals surface area contributed by atoms with Gasteiger partial charge in [-0.15, -0.1) is 0 Å². The van der Waals surface area contributed by atoms with E-state index in [0.717, 1.165) is 24.8 Å². The summed E-state index contributed by atoms with van der Waals surface area (Å²) in [5.41, 5.74) is 4.05. The second kappa shape index (κ2) is 12.2. The summed E-state index contributed by atoms with van der Waals surface area (Å²) in [6.45, 7) is 8.52. The number of rotatable bonds is 5. The normalized spacial score (nSPS) is 25.7. The van der Waals surface area contributed by atoms with E-state index in [-0.39, 0.29) is 23.2 Å². The molecule has 1 heterocycles. The van der Waals surface area contributed by atoms with Crippen LogP contribution in [0.3, 0.4) is 0 Å². The highest BCUT2D eigenvalue weighted by Crippen LogP contribution is 2.61. The summed E-state index contributed by atoms with van der Waals surface area (Å²) >= 11 is 0. The van der Waals surface area contributed by atoms with Gasteiger partial charge < -0.3 is 24.1 Å². The molecule has 3 aliphatic carbocycles. The zero-order valence-electron chi connectivity index (χ0n) is 25.0. The van der Waals surface area contributed by atoms with Gasteiger partial charge in [-0.1, -0.05) is 25.5 Å². The van der Waals surface area contributed by atoms with E-state index >= 15 is 0 Å². The lowest BCUT2D eigenvalue weighted by Gasteiger charge is -2.50. The standard InChI is InChI=1S/C21H28O3.C14H14O4/c1-3-20(23)24-19-9-8-18-17-6-4-13-12-14(22)5-7-15(13)16(17)10-11-21(18,19)2;1-9(2)5-6-17-13-8-12-10(7-11(13)15)3-4-14(16)18-12/h5,7,12,16-19,22H,3-4,6,8-11H2,1-2H3;3-5,7-8,15H,6H2,1-2H3. The Morgan fingerprint density at radius 3 is 2.64 bits per heavy atom. The maximum absolute atomic E-state index is 11.8. The largest absolute Gasteiger partial charge is 0.508 e. The van der Waals surface area contributed by atoms with Crippen molar-refractivity contribution in [1.29, 1.82) is 0 Å². The number of aromatic hydroxyl groups is 2. The second-order valence-corrected chi connectivity index (χ2v) is 12.5. The molecule has 7 nitrogen and oxygen atoms in total. The van der Waals surface area contributed by atoms with Gasteiger partial charge in [-0.05, 0) is 112 Å². The zero-order valence-corrected chi connectivity index (χ0v) is 25.0. The van der Waals surface area contributed by atoms with Crippen molar-refractivity contribution in [2.75, 3.05) is 6.61 Å². The molecule has 3 aromatic rings. The number of benzene rings is 2. The van der Waals surface area contributed by atoms with E-state index in [4.69, 9.17) is 13.9 Å². The number of hydrogen-bond acceptors (Lipinski definition) is 7. The third-order valence-electron chi connectivity index (χ3n) is 9.62. The zero-order chi connectivity index (χ0) is 30.0. The van der Waals surface area contributed by atoms with Crippen LogP contribution in [0.15, 0.2) is 63.3 Å². The van der Waals surface area contributed by atoms with Crippen LogP contribution in [0, 0.1) is 17.3 Å². The first kappa shape index (κ1) is 29.7. The molecule has 42 heavy (non-hydrogen) atoms. The van der Waals surface area contributed by atoms with E-state index in [2.05, 4.69) is 13.0 Å². The fraction of sp³-hybridized carbons (Fsp3) is 0.486. The Morgan fingerprint density at radius 1 is 1.07 bits per heavy atom. The van der Waals surface area contributed by atoms with Crippen LogP contribution in [0.4, 0.5) is 0 Å². The van der Waals surface area contributed by atoms with Gasteiger partial charge in [-0.3, -0.25) is 4.79 Å². The van der Waals surface area contributed by atoms with Crippen LogP contribution in [0.2, 0.25) is 0 Å². The first-order valence-corrected chi connectivity index (χ1v) is 15.1. The number of phenols is 2. The summed E-state index contributed by atoms with van der Waals surface area (Å²) < 4.78 is 16.3. The van der Waals surface area contributed by atoms with Crippen molar-refractivity contribution < 1.29 is 28.9 Å². The van der Waals surface area contributed by atoms with Crippen molar-refractivity contribution in [3.05, 3.63) is 75.7 Å². The number of phenolic OH excluding ortho intramolecular Hbond substituents is 2. The number of carbonyl (C=O) groups excluding carboxylic acids is 1. The Bertz CT molecular complexity index is 1530. The molecular formula is C35H42O7. The highest BCUT2D eigenvalue weighted by molar-refractivity contribution is 5.80. The maximum atomic E-state index is 11.8. The second-order valence-electron chi connectivity index (χ2n) is 12.5. The summed E-state index contributed by atoms with van der Waals surface area (Å²) in [4.78, 5) is 22.9. The molecule has 5 unspecified atom stereocenters. The van der Waals surface area contributed by atoms with Crippen LogP contribution < -0.4 is 10.4 Å². The van der Waals surface area contributed by atoms with E-state index in [1.807, 2.05) is 39.0 Å². The Kier molecular flexibility index (Phi) is 8.67. The number of ether oxygens (including phenoxy) is 2. The minimum Gasteiger partial charge on any atom is -0.508 e. The van der Waals surface area contributed by atoms with E-state index in [9.17, 15) is 19.8 Å². The molecule has 2 aromatic carbocycles. The number of carbonyl (C=O) groups is 1. The minimum atomic E-state index is -0.427. The number of allylic oxidation sites excluding steroid dienone is 1. The fourth-order valence-electron chi connectivity index (χ4n) is 7.45. The van der Waals surface area contributed by atoms with Crippen LogP contribution in [0.25, 0.3) is 11.0 Å². The van der Waals surface area contributed by atoms with Crippen LogP contribution in [-0.4, -0.2) is 28.9 Å². The SMILES string of the molecule is CC(C)=CCOc1cc2oc(=O)ccc2cc1O.CCC(=O)OC1CCC2C3CCc4cc(O)ccc4C3CCC12C. The Hall–Kier alpha value is -3.74. The van der Waals surface area contributed by atoms with Gasteiger partial charge in [0, 0.05) is 29.4 Å². The van der Waals surface area contributed by atoms with Crippen molar-refractivity contribution in [3.63, 3.8) is 0 Å². The summed E-state index contributed by atoms with van der Waals surface area (Å²) in [6, 6.07) is 11.9. The fourth-order valence-corrected chi connectivity index (χ4v) is 7.45. The van der Waals surface area contributed by atoms with E-state index < -0.39 is 5.63 Å². The van der Waals surface area contributed by atoms with E-state index in [0.29, 0.717) is 53.2 Å². The third kappa shape index (κ3) is 6.06. The quantitative estimate of drug-likeness (QED) is 0.186. The molecule has 0 amide bonds. The summed E-state index contributed by atoms with van der Waals surface area (Å²) in [5, 5.41) is 20.2. The van der Waals surface area contributed by atoms with Crippen LogP contribution in [0.5, 0.6) is 17.2 Å². The minimum absolute atomic E-state index is 0.0264. The van der Waals surface area contributed by atoms with Gasteiger partial charge in [-0.2, -0.15) is 0 Å². The van der Waals surface area contributed by atoms with Gasteiger partial charge in [0.05, 0.1) is 0 Å². The van der Waals surface area contributed by atoms with Crippen LogP contribution in [-0.2, 0) is 16.0 Å². The smallest absolute Gasteiger partial charge is 0.336 e. The molecule has 0 spiro atoms. The molecule has 0 aliphatic heterocycles. The van der Waals surface area contributed by atoms with Gasteiger partial charge in [0.1, 0.15) is 24.0 Å². The van der Waals surface area contributed by atoms with Crippen molar-refractivity contribution >= 4 is 16.9 Å². The van der Waals surface area contributed by atoms with E-state index in [1.54, 1.807) is 6.07 Å². The number of hydrogen-bond donors (Lipinski definition) is 2. The lowest BCUT2D eigenvalue weighted by atomic mass is 9.55. The van der Waals surface area contributed by atoms with Gasteiger partial charge in [0.25, 0.3) is 0 Å². The first-order chi connectivity index (χ1) is 20.1. The summed E-state index contributed by atoms with van der Waals surface area (Å²) in [6.07, 6.45) is 9.27. The monoisotopic (exact) mass is 574 g/mol. The average Bonchev–Trinajstić information content (AvgIpc) is 3.29. The summed E-state index contributed by atoms with van der Waals surface area (Å²) in [7, 11) is 0. The molecule has 0 radical (unpaired) electrons. The highest BCUT2D eigenvalue weighted by atomic mass is 16.5. The van der Waals surface area contributed by atoms with Crippen LogP contribution in [0.1, 0.15) is 83.3 Å². The molecule has 3 aliphatic rings. The topological polar surface area (TPSA) is 106 Å². The number of fused-ring (bicyclic) bond motifs is 6. The van der Waals surface area contributed by atoms with Crippen molar-refractivity contribution in [1.82, 2.24) is 0 Å². The molecule has 2 fully saturated rings. The molecule has 7 heteroatoms. The predicted molar refractivity (Wildman–Crippen MR) is 162 cm³/mol. The Balaban J connectivity index is 0.000000176. The average molecular weight is 575 g/mol. The molecule has 5 atom stereocenters. The highest BCUT2D eigenvalue weighted by Gasteiger charge is 2.56. The van der Waals surface area contributed by atoms with Crippen molar-refractivity contribution in [2.24, 2.45) is 17.3 Å². The molecule has 0 saturated heterocycles. The van der Waals surface area contributed by atoms with Gasteiger partial charge >= 0.3 is 11.6 Å². The van der Waals surface area contributed by atoms with Gasteiger partial charge in [0.15, 0.2) is 11.5 Å². The predicted octanol–water partition coefficient (Wildman–Crippen LogP) is 7.41.